The molecule has 0 unspecified atom stereocenters. The molecule has 0 amide bonds. The number of likely N-dealkylation sites (N-methyl/N-ethyl adjacent to an activating group) is 1. The summed E-state index contributed by atoms with van der Waals surface area (Å²) in [7, 11) is 0. The van der Waals surface area contributed by atoms with Gasteiger partial charge in [-0.2, -0.15) is 0 Å². The molecule has 0 aliphatic heterocycles. The van der Waals surface area contributed by atoms with Crippen molar-refractivity contribution in [1.29, 1.82) is 0 Å². The first-order valence-corrected chi connectivity index (χ1v) is 6.96. The maximum atomic E-state index is 5.36. The van der Waals surface area contributed by atoms with Crippen molar-refractivity contribution in [3.63, 3.8) is 0 Å². The van der Waals surface area contributed by atoms with Crippen LogP contribution in [0.15, 0.2) is 15.9 Å². The van der Waals surface area contributed by atoms with Gasteiger partial charge in [0, 0.05) is 34.4 Å². The van der Waals surface area contributed by atoms with Gasteiger partial charge in [0.1, 0.15) is 0 Å². The van der Waals surface area contributed by atoms with Gasteiger partial charge in [-0.15, -0.1) is 11.3 Å². The summed E-state index contributed by atoms with van der Waals surface area (Å²) < 4.78 is 6.54. The number of nitrogens with zero attached hydrogens (tertiary/aromatic N) is 1. The summed E-state index contributed by atoms with van der Waals surface area (Å²) in [4.78, 5) is 3.80. The molecule has 0 N–H and O–H groups in total. The standard InChI is InChI=1S/C11H18BrNOS/c1-3-13(5-6-14-4-2)8-11-7-10(12)9-15-11/h7,9H,3-6,8H2,1-2H3. The van der Waals surface area contributed by atoms with Crippen LogP contribution in [0.4, 0.5) is 0 Å². The smallest absolute Gasteiger partial charge is 0.0593 e. The molecule has 1 rings (SSSR count). The van der Waals surface area contributed by atoms with Gasteiger partial charge in [0.15, 0.2) is 0 Å². The maximum absolute atomic E-state index is 5.36. The molecule has 2 nitrogen and oxygen atoms in total. The molecule has 1 aromatic rings. The topological polar surface area (TPSA) is 12.5 Å². The van der Waals surface area contributed by atoms with Crippen LogP contribution in [-0.2, 0) is 11.3 Å². The first-order valence-electron chi connectivity index (χ1n) is 5.29. The lowest BCUT2D eigenvalue weighted by Gasteiger charge is -2.19. The fourth-order valence-corrected chi connectivity index (χ4v) is 2.84. The normalized spacial score (nSPS) is 11.2. The third kappa shape index (κ3) is 5.11. The molecule has 0 saturated carbocycles. The highest BCUT2D eigenvalue weighted by Crippen LogP contribution is 2.20. The molecular formula is C11H18BrNOS. The number of ether oxygens (including phenoxy) is 1. The Morgan fingerprint density at radius 1 is 1.47 bits per heavy atom. The largest absolute Gasteiger partial charge is 0.380 e. The second-order valence-electron chi connectivity index (χ2n) is 3.30. The van der Waals surface area contributed by atoms with Crippen molar-refractivity contribution in [2.75, 3.05) is 26.3 Å². The van der Waals surface area contributed by atoms with E-state index in [1.54, 1.807) is 11.3 Å². The van der Waals surface area contributed by atoms with Gasteiger partial charge in [-0.25, -0.2) is 0 Å². The summed E-state index contributed by atoms with van der Waals surface area (Å²) in [5, 5.41) is 2.13. The molecule has 0 aromatic carbocycles. The van der Waals surface area contributed by atoms with Crippen LogP contribution in [0.2, 0.25) is 0 Å². The highest BCUT2D eigenvalue weighted by Gasteiger charge is 2.05. The van der Waals surface area contributed by atoms with E-state index in [0.717, 1.165) is 32.8 Å². The molecule has 0 spiro atoms. The van der Waals surface area contributed by atoms with Crippen LogP contribution in [0.1, 0.15) is 18.7 Å². The van der Waals surface area contributed by atoms with E-state index < -0.39 is 0 Å². The fraction of sp³-hybridized carbons (Fsp3) is 0.636. The number of hydrogen-bond donors (Lipinski definition) is 0. The van der Waals surface area contributed by atoms with Crippen molar-refractivity contribution in [3.8, 4) is 0 Å². The number of rotatable bonds is 7. The minimum absolute atomic E-state index is 0.808. The van der Waals surface area contributed by atoms with Crippen LogP contribution < -0.4 is 0 Å². The SMILES string of the molecule is CCOCCN(CC)Cc1cc(Br)cs1. The van der Waals surface area contributed by atoms with Crippen LogP contribution in [0.5, 0.6) is 0 Å². The van der Waals surface area contributed by atoms with E-state index in [-0.39, 0.29) is 0 Å². The molecule has 0 saturated heterocycles. The van der Waals surface area contributed by atoms with Gasteiger partial charge < -0.3 is 4.74 Å². The van der Waals surface area contributed by atoms with Crippen LogP contribution >= 0.6 is 27.3 Å². The van der Waals surface area contributed by atoms with Crippen LogP contribution in [0.3, 0.4) is 0 Å². The lowest BCUT2D eigenvalue weighted by molar-refractivity contribution is 0.113. The number of hydrogen-bond acceptors (Lipinski definition) is 3. The molecular weight excluding hydrogens is 274 g/mol. The summed E-state index contributed by atoms with van der Waals surface area (Å²) in [5.74, 6) is 0. The van der Waals surface area contributed by atoms with Crippen molar-refractivity contribution < 1.29 is 4.74 Å². The van der Waals surface area contributed by atoms with Gasteiger partial charge in [-0.3, -0.25) is 4.90 Å². The van der Waals surface area contributed by atoms with Gasteiger partial charge in [-0.1, -0.05) is 6.92 Å². The summed E-state index contributed by atoms with van der Waals surface area (Å²) in [6.45, 7) is 8.97. The minimum Gasteiger partial charge on any atom is -0.380 e. The van der Waals surface area contributed by atoms with E-state index >= 15 is 0 Å². The zero-order valence-electron chi connectivity index (χ0n) is 9.33. The Hall–Kier alpha value is 0.1000. The van der Waals surface area contributed by atoms with E-state index in [9.17, 15) is 0 Å². The molecule has 0 aliphatic carbocycles. The van der Waals surface area contributed by atoms with Gasteiger partial charge >= 0.3 is 0 Å². The summed E-state index contributed by atoms with van der Waals surface area (Å²) >= 11 is 5.28. The lowest BCUT2D eigenvalue weighted by atomic mass is 10.4. The fourth-order valence-electron chi connectivity index (χ4n) is 1.34. The predicted molar refractivity (Wildman–Crippen MR) is 69.5 cm³/mol. The molecule has 4 heteroatoms. The molecule has 0 atom stereocenters. The van der Waals surface area contributed by atoms with Crippen molar-refractivity contribution in [1.82, 2.24) is 4.90 Å². The van der Waals surface area contributed by atoms with Crippen LogP contribution in [0, 0.1) is 0 Å². The zero-order valence-corrected chi connectivity index (χ0v) is 11.7. The van der Waals surface area contributed by atoms with Gasteiger partial charge in [-0.05, 0) is 35.5 Å². The summed E-state index contributed by atoms with van der Waals surface area (Å²) in [6, 6.07) is 2.19. The number of thiophene rings is 1. The first-order chi connectivity index (χ1) is 7.26. The highest BCUT2D eigenvalue weighted by molar-refractivity contribution is 9.10. The first kappa shape index (κ1) is 13.2. The summed E-state index contributed by atoms with van der Waals surface area (Å²) in [5.41, 5.74) is 0. The molecule has 0 radical (unpaired) electrons. The molecule has 0 fully saturated rings. The van der Waals surface area contributed by atoms with Crippen molar-refractivity contribution in [3.05, 3.63) is 20.8 Å². The highest BCUT2D eigenvalue weighted by atomic mass is 79.9. The third-order valence-corrected chi connectivity index (χ3v) is 3.89. The van der Waals surface area contributed by atoms with Crippen molar-refractivity contribution >= 4 is 27.3 Å². The quantitative estimate of drug-likeness (QED) is 0.714. The molecule has 15 heavy (non-hydrogen) atoms. The molecule has 0 bridgehead atoms. The average Bonchev–Trinajstić information content (AvgIpc) is 2.63. The lowest BCUT2D eigenvalue weighted by Crippen LogP contribution is -2.26. The Morgan fingerprint density at radius 3 is 2.80 bits per heavy atom. The number of halogens is 1. The second kappa shape index (κ2) is 7.39. The van der Waals surface area contributed by atoms with E-state index in [4.69, 9.17) is 4.74 Å². The van der Waals surface area contributed by atoms with Crippen molar-refractivity contribution in [2.45, 2.75) is 20.4 Å². The Morgan fingerprint density at radius 2 is 2.27 bits per heavy atom. The Balaban J connectivity index is 2.33. The molecule has 1 aromatic heterocycles. The minimum atomic E-state index is 0.808. The van der Waals surface area contributed by atoms with Gasteiger partial charge in [0.25, 0.3) is 0 Å². The van der Waals surface area contributed by atoms with Gasteiger partial charge in [0.05, 0.1) is 6.61 Å². The monoisotopic (exact) mass is 291 g/mol. The van der Waals surface area contributed by atoms with E-state index in [1.807, 2.05) is 6.92 Å². The maximum Gasteiger partial charge on any atom is 0.0593 e. The van der Waals surface area contributed by atoms with Gasteiger partial charge in [0.2, 0.25) is 0 Å². The zero-order chi connectivity index (χ0) is 11.1. The van der Waals surface area contributed by atoms with E-state index in [1.165, 1.54) is 9.35 Å². The van der Waals surface area contributed by atoms with E-state index in [2.05, 4.69) is 39.2 Å². The Bertz CT molecular complexity index is 277. The van der Waals surface area contributed by atoms with E-state index in [0.29, 0.717) is 0 Å². The van der Waals surface area contributed by atoms with Crippen LogP contribution in [0.25, 0.3) is 0 Å². The molecule has 86 valence electrons. The molecule has 0 aliphatic rings. The third-order valence-electron chi connectivity index (χ3n) is 2.20. The predicted octanol–water partition coefficient (Wildman–Crippen LogP) is 3.37. The second-order valence-corrected chi connectivity index (χ2v) is 5.21. The molecule has 1 heterocycles. The Labute approximate surface area is 104 Å². The van der Waals surface area contributed by atoms with Crippen molar-refractivity contribution in [2.24, 2.45) is 0 Å². The Kier molecular flexibility index (Phi) is 6.48. The summed E-state index contributed by atoms with van der Waals surface area (Å²) in [6.07, 6.45) is 0. The van der Waals surface area contributed by atoms with Crippen LogP contribution in [-0.4, -0.2) is 31.2 Å². The average molecular weight is 292 g/mol.